The number of piperidine rings is 1. The minimum atomic E-state index is -0.435. The number of aryl methyl sites for hydroxylation is 2. The van der Waals surface area contributed by atoms with Crippen LogP contribution in [-0.2, 0) is 16.1 Å². The normalized spacial score (nSPS) is 20.1. The monoisotopic (exact) mass is 414 g/mol. The van der Waals surface area contributed by atoms with E-state index in [1.165, 1.54) is 4.68 Å². The summed E-state index contributed by atoms with van der Waals surface area (Å²) < 4.78 is 1.53. The van der Waals surface area contributed by atoms with Crippen molar-refractivity contribution in [3.63, 3.8) is 0 Å². The van der Waals surface area contributed by atoms with Crippen molar-refractivity contribution in [2.45, 2.75) is 45.7 Å². The highest BCUT2D eigenvalue weighted by Gasteiger charge is 2.31. The third kappa shape index (κ3) is 4.61. The second kappa shape index (κ2) is 9.33. The number of nitrogens with zero attached hydrogens (tertiary/aromatic N) is 5. The Kier molecular flexibility index (Phi) is 7.36. The van der Waals surface area contributed by atoms with Gasteiger partial charge >= 0.3 is 5.69 Å². The van der Waals surface area contributed by atoms with E-state index in [0.717, 1.165) is 19.4 Å². The summed E-state index contributed by atoms with van der Waals surface area (Å²) in [7, 11) is 0. The van der Waals surface area contributed by atoms with E-state index in [9.17, 15) is 19.7 Å². The lowest BCUT2D eigenvalue weighted by atomic mass is 10.0. The van der Waals surface area contributed by atoms with Gasteiger partial charge in [-0.15, -0.1) is 12.4 Å². The number of halogens is 1. The van der Waals surface area contributed by atoms with Gasteiger partial charge in [-0.05, 0) is 26.7 Å². The molecule has 0 bridgehead atoms. The number of piperazine rings is 1. The van der Waals surface area contributed by atoms with E-state index in [2.05, 4.69) is 10.4 Å². The van der Waals surface area contributed by atoms with Crippen LogP contribution >= 0.6 is 12.4 Å². The molecule has 3 heterocycles. The maximum absolute atomic E-state index is 12.7. The Balaban J connectivity index is 0.00000280. The van der Waals surface area contributed by atoms with Crippen molar-refractivity contribution in [3.8, 4) is 0 Å². The number of amides is 2. The van der Waals surface area contributed by atoms with Crippen molar-refractivity contribution >= 4 is 29.9 Å². The molecular formula is C17H27ClN6O4. The van der Waals surface area contributed by atoms with Crippen LogP contribution in [-0.4, -0.2) is 75.1 Å². The third-order valence-electron chi connectivity index (χ3n) is 5.38. The summed E-state index contributed by atoms with van der Waals surface area (Å²) in [5.74, 6) is 0.0907. The van der Waals surface area contributed by atoms with Crippen molar-refractivity contribution in [1.82, 2.24) is 24.9 Å². The summed E-state index contributed by atoms with van der Waals surface area (Å²) in [6.45, 7) is 6.63. The molecule has 2 aliphatic rings. The van der Waals surface area contributed by atoms with Crippen LogP contribution in [0.2, 0.25) is 0 Å². The first-order chi connectivity index (χ1) is 12.9. The molecule has 0 spiro atoms. The van der Waals surface area contributed by atoms with Crippen LogP contribution in [0.1, 0.15) is 30.7 Å². The molecule has 1 aromatic rings. The van der Waals surface area contributed by atoms with Gasteiger partial charge in [0.2, 0.25) is 11.8 Å². The standard InChI is InChI=1S/C17H26N6O4.ClH/c1-12-17(23(26)27)13(2)22(19-12)8-5-15(24)20-7-3-4-14(11-20)21-9-6-18-10-16(21)25;/h14,18H,3-11H2,1-2H3;1H. The molecule has 11 heteroatoms. The van der Waals surface area contributed by atoms with Crippen LogP contribution in [0.4, 0.5) is 5.69 Å². The lowest BCUT2D eigenvalue weighted by molar-refractivity contribution is -0.386. The highest BCUT2D eigenvalue weighted by atomic mass is 35.5. The minimum absolute atomic E-state index is 0. The summed E-state index contributed by atoms with van der Waals surface area (Å²) >= 11 is 0. The average molecular weight is 415 g/mol. The number of rotatable bonds is 5. The summed E-state index contributed by atoms with van der Waals surface area (Å²) in [6.07, 6.45) is 2.03. The van der Waals surface area contributed by atoms with Gasteiger partial charge < -0.3 is 15.1 Å². The molecule has 156 valence electrons. The van der Waals surface area contributed by atoms with Gasteiger partial charge in [0.15, 0.2) is 0 Å². The van der Waals surface area contributed by atoms with E-state index in [1.807, 2.05) is 9.80 Å². The van der Waals surface area contributed by atoms with Crippen LogP contribution in [0.5, 0.6) is 0 Å². The molecule has 0 radical (unpaired) electrons. The molecule has 0 saturated carbocycles. The van der Waals surface area contributed by atoms with E-state index >= 15 is 0 Å². The Bertz CT molecular complexity index is 752. The predicted octanol–water partition coefficient (Wildman–Crippen LogP) is 0.643. The predicted molar refractivity (Wildman–Crippen MR) is 104 cm³/mol. The van der Waals surface area contributed by atoms with Gasteiger partial charge in [0.05, 0.1) is 18.0 Å². The second-order valence-corrected chi connectivity index (χ2v) is 7.15. The molecule has 0 aliphatic carbocycles. The van der Waals surface area contributed by atoms with E-state index in [1.54, 1.807) is 13.8 Å². The smallest absolute Gasteiger partial charge is 0.312 e. The molecule has 0 aromatic carbocycles. The number of carbonyl (C=O) groups excluding carboxylic acids is 2. The van der Waals surface area contributed by atoms with Gasteiger partial charge in [0.25, 0.3) is 0 Å². The van der Waals surface area contributed by atoms with Crippen LogP contribution in [0.15, 0.2) is 0 Å². The Morgan fingerprint density at radius 3 is 2.75 bits per heavy atom. The van der Waals surface area contributed by atoms with Crippen molar-refractivity contribution in [1.29, 1.82) is 0 Å². The first-order valence-electron chi connectivity index (χ1n) is 9.35. The molecule has 2 aliphatic heterocycles. The molecule has 10 nitrogen and oxygen atoms in total. The number of nitro groups is 1. The number of hydrogen-bond acceptors (Lipinski definition) is 6. The highest BCUT2D eigenvalue weighted by molar-refractivity contribution is 5.85. The fraction of sp³-hybridized carbons (Fsp3) is 0.706. The second-order valence-electron chi connectivity index (χ2n) is 7.15. The first kappa shape index (κ1) is 22.1. The van der Waals surface area contributed by atoms with Crippen LogP contribution in [0.25, 0.3) is 0 Å². The largest absolute Gasteiger partial charge is 0.341 e. The van der Waals surface area contributed by atoms with Gasteiger partial charge in [0, 0.05) is 38.6 Å². The topological polar surface area (TPSA) is 114 Å². The zero-order valence-electron chi connectivity index (χ0n) is 16.2. The maximum atomic E-state index is 12.7. The lowest BCUT2D eigenvalue weighted by Crippen LogP contribution is -2.57. The quantitative estimate of drug-likeness (QED) is 0.558. The van der Waals surface area contributed by atoms with Crippen LogP contribution in [0, 0.1) is 24.0 Å². The van der Waals surface area contributed by atoms with Crippen molar-refractivity contribution in [2.75, 3.05) is 32.7 Å². The van der Waals surface area contributed by atoms with Crippen molar-refractivity contribution < 1.29 is 14.5 Å². The zero-order valence-corrected chi connectivity index (χ0v) is 17.0. The SMILES string of the molecule is Cc1nn(CCC(=O)N2CCCC(N3CCNCC3=O)C2)c(C)c1[N+](=O)[O-].Cl. The molecule has 1 unspecified atom stereocenters. The van der Waals surface area contributed by atoms with Crippen LogP contribution in [0.3, 0.4) is 0 Å². The number of aromatic nitrogens is 2. The highest BCUT2D eigenvalue weighted by Crippen LogP contribution is 2.22. The van der Waals surface area contributed by atoms with E-state index in [-0.39, 0.29) is 42.4 Å². The van der Waals surface area contributed by atoms with Gasteiger partial charge in [-0.1, -0.05) is 0 Å². The molecule has 1 N–H and O–H groups in total. The average Bonchev–Trinajstić information content (AvgIpc) is 2.93. The fourth-order valence-corrected chi connectivity index (χ4v) is 3.97. The summed E-state index contributed by atoms with van der Waals surface area (Å²) in [4.78, 5) is 39.1. The van der Waals surface area contributed by atoms with Crippen molar-refractivity contribution in [2.24, 2.45) is 0 Å². The molecule has 3 rings (SSSR count). The molecule has 2 amide bonds. The number of nitrogens with one attached hydrogen (secondary N) is 1. The molecule has 28 heavy (non-hydrogen) atoms. The van der Waals surface area contributed by atoms with Gasteiger partial charge in [-0.3, -0.25) is 24.4 Å². The number of likely N-dealkylation sites (tertiary alicyclic amines) is 1. The summed E-state index contributed by atoms with van der Waals surface area (Å²) in [5, 5.41) is 18.4. The van der Waals surface area contributed by atoms with Crippen LogP contribution < -0.4 is 5.32 Å². The van der Waals surface area contributed by atoms with Gasteiger partial charge in [-0.25, -0.2) is 0 Å². The molecular weight excluding hydrogens is 388 g/mol. The Morgan fingerprint density at radius 2 is 2.11 bits per heavy atom. The number of hydrogen-bond donors (Lipinski definition) is 1. The molecule has 1 atom stereocenters. The third-order valence-corrected chi connectivity index (χ3v) is 5.38. The van der Waals surface area contributed by atoms with Crippen molar-refractivity contribution in [3.05, 3.63) is 21.5 Å². The number of carbonyl (C=O) groups is 2. The maximum Gasteiger partial charge on any atom is 0.312 e. The van der Waals surface area contributed by atoms with Gasteiger partial charge in [0.1, 0.15) is 11.4 Å². The summed E-state index contributed by atoms with van der Waals surface area (Å²) in [6, 6.07) is 0.0760. The molecule has 1 aromatic heterocycles. The minimum Gasteiger partial charge on any atom is -0.341 e. The van der Waals surface area contributed by atoms with E-state index in [4.69, 9.17) is 0 Å². The Labute approximate surface area is 169 Å². The fourth-order valence-electron chi connectivity index (χ4n) is 3.97. The van der Waals surface area contributed by atoms with E-state index in [0.29, 0.717) is 44.1 Å². The van der Waals surface area contributed by atoms with Gasteiger partial charge in [-0.2, -0.15) is 5.10 Å². The summed E-state index contributed by atoms with van der Waals surface area (Å²) in [5.41, 5.74) is 0.839. The molecule has 2 fully saturated rings. The molecule has 2 saturated heterocycles. The van der Waals surface area contributed by atoms with E-state index < -0.39 is 4.92 Å². The lowest BCUT2D eigenvalue weighted by Gasteiger charge is -2.41. The Hall–Kier alpha value is -2.20. The zero-order chi connectivity index (χ0) is 19.6. The first-order valence-corrected chi connectivity index (χ1v) is 9.35. The Morgan fingerprint density at radius 1 is 1.36 bits per heavy atom.